The number of carbonyl (C=O) groups is 1. The van der Waals surface area contributed by atoms with Gasteiger partial charge < -0.3 is 10.2 Å². The largest absolute Gasteiger partial charge is 0.385 e. The van der Waals surface area contributed by atoms with E-state index in [0.29, 0.717) is 5.91 Å². The first-order valence-corrected chi connectivity index (χ1v) is 8.21. The summed E-state index contributed by atoms with van der Waals surface area (Å²) in [6.07, 6.45) is 2.04. The zero-order chi connectivity index (χ0) is 13.1. The number of amides is 1. The highest BCUT2D eigenvalue weighted by molar-refractivity contribution is 7.99. The summed E-state index contributed by atoms with van der Waals surface area (Å²) in [4.78, 5) is 14.8. The molecule has 0 bridgehead atoms. The van der Waals surface area contributed by atoms with E-state index in [1.54, 1.807) is 0 Å². The number of para-hydroxylation sites is 1. The minimum absolute atomic E-state index is 0.0561. The van der Waals surface area contributed by atoms with Crippen molar-refractivity contribution >= 4 is 23.4 Å². The molecule has 3 rings (SSSR count). The number of nitrogens with one attached hydrogen (secondary N) is 1. The fraction of sp³-hybridized carbons (Fsp3) is 0.533. The van der Waals surface area contributed by atoms with E-state index in [2.05, 4.69) is 22.3 Å². The average Bonchev–Trinajstić information content (AvgIpc) is 2.75. The third-order valence-electron chi connectivity index (χ3n) is 3.92. The lowest BCUT2D eigenvalue weighted by Crippen LogP contribution is -2.38. The van der Waals surface area contributed by atoms with Crippen LogP contribution < -0.4 is 5.32 Å². The number of benzene rings is 1. The Kier molecular flexibility index (Phi) is 3.97. The van der Waals surface area contributed by atoms with Gasteiger partial charge in [0.1, 0.15) is 0 Å². The fourth-order valence-electron chi connectivity index (χ4n) is 2.91. The zero-order valence-corrected chi connectivity index (χ0v) is 11.9. The second kappa shape index (κ2) is 5.87. The molecule has 0 aliphatic carbocycles. The summed E-state index contributed by atoms with van der Waals surface area (Å²) >= 11 is 1.96. The number of hydrogen-bond acceptors (Lipinski definition) is 3. The minimum Gasteiger partial charge on any atom is -0.385 e. The Labute approximate surface area is 118 Å². The molecule has 4 heteroatoms. The molecular formula is C15H20N2OS. The molecule has 102 valence electrons. The van der Waals surface area contributed by atoms with Gasteiger partial charge in [-0.2, -0.15) is 11.8 Å². The smallest absolute Gasteiger partial charge is 0.230 e. The summed E-state index contributed by atoms with van der Waals surface area (Å²) in [5.41, 5.74) is 2.31. The fourth-order valence-corrected chi connectivity index (χ4v) is 3.80. The SMILES string of the molecule is O=C(C1CCNc2ccccc21)N1CCCSCC1. The highest BCUT2D eigenvalue weighted by Crippen LogP contribution is 2.33. The second-order valence-corrected chi connectivity index (χ2v) is 6.37. The monoisotopic (exact) mass is 276 g/mol. The third-order valence-corrected chi connectivity index (χ3v) is 4.97. The lowest BCUT2D eigenvalue weighted by molar-refractivity contribution is -0.132. The predicted octanol–water partition coefficient (Wildman–Crippen LogP) is 2.55. The molecular weight excluding hydrogens is 256 g/mol. The van der Waals surface area contributed by atoms with Crippen molar-refractivity contribution < 1.29 is 4.79 Å². The number of rotatable bonds is 1. The first-order valence-electron chi connectivity index (χ1n) is 7.05. The van der Waals surface area contributed by atoms with Gasteiger partial charge in [-0.05, 0) is 30.2 Å². The lowest BCUT2D eigenvalue weighted by Gasteiger charge is -2.30. The Hall–Kier alpha value is -1.16. The van der Waals surface area contributed by atoms with E-state index in [9.17, 15) is 4.79 Å². The van der Waals surface area contributed by atoms with Gasteiger partial charge in [0.25, 0.3) is 0 Å². The predicted molar refractivity (Wildman–Crippen MR) is 80.8 cm³/mol. The van der Waals surface area contributed by atoms with Crippen molar-refractivity contribution in [3.63, 3.8) is 0 Å². The molecule has 2 aliphatic heterocycles. The van der Waals surface area contributed by atoms with Crippen LogP contribution in [0.2, 0.25) is 0 Å². The Morgan fingerprint density at radius 1 is 1.26 bits per heavy atom. The summed E-state index contributed by atoms with van der Waals surface area (Å²) < 4.78 is 0. The Bertz CT molecular complexity index is 455. The van der Waals surface area contributed by atoms with Crippen molar-refractivity contribution in [2.75, 3.05) is 36.5 Å². The molecule has 3 nitrogen and oxygen atoms in total. The summed E-state index contributed by atoms with van der Waals surface area (Å²) in [5, 5.41) is 3.39. The topological polar surface area (TPSA) is 32.3 Å². The first-order chi connectivity index (χ1) is 9.36. The Balaban J connectivity index is 1.80. The molecule has 1 fully saturated rings. The van der Waals surface area contributed by atoms with E-state index < -0.39 is 0 Å². The van der Waals surface area contributed by atoms with Crippen molar-refractivity contribution in [1.29, 1.82) is 0 Å². The Morgan fingerprint density at radius 2 is 2.16 bits per heavy atom. The maximum Gasteiger partial charge on any atom is 0.230 e. The van der Waals surface area contributed by atoms with Crippen LogP contribution in [0, 0.1) is 0 Å². The highest BCUT2D eigenvalue weighted by atomic mass is 32.2. The molecule has 0 spiro atoms. The van der Waals surface area contributed by atoms with E-state index in [1.807, 2.05) is 23.9 Å². The van der Waals surface area contributed by atoms with Crippen LogP contribution in [0.3, 0.4) is 0 Å². The van der Waals surface area contributed by atoms with E-state index in [-0.39, 0.29) is 5.92 Å². The van der Waals surface area contributed by atoms with Gasteiger partial charge in [-0.3, -0.25) is 4.79 Å². The van der Waals surface area contributed by atoms with Crippen molar-refractivity contribution in [2.45, 2.75) is 18.8 Å². The molecule has 1 atom stereocenters. The molecule has 0 radical (unpaired) electrons. The molecule has 1 aromatic rings. The first kappa shape index (κ1) is 12.9. The van der Waals surface area contributed by atoms with Gasteiger partial charge in [-0.25, -0.2) is 0 Å². The number of hydrogen-bond donors (Lipinski definition) is 1. The zero-order valence-electron chi connectivity index (χ0n) is 11.1. The van der Waals surface area contributed by atoms with E-state index in [4.69, 9.17) is 0 Å². The average molecular weight is 276 g/mol. The normalized spacial score (nSPS) is 23.2. The van der Waals surface area contributed by atoms with Crippen molar-refractivity contribution in [3.8, 4) is 0 Å². The van der Waals surface area contributed by atoms with E-state index in [0.717, 1.165) is 43.9 Å². The number of fused-ring (bicyclic) bond motifs is 1. The molecule has 1 unspecified atom stereocenters. The second-order valence-electron chi connectivity index (χ2n) is 5.15. The number of anilines is 1. The van der Waals surface area contributed by atoms with Gasteiger partial charge in [-0.15, -0.1) is 0 Å². The third kappa shape index (κ3) is 2.73. The van der Waals surface area contributed by atoms with Crippen LogP contribution in [0.15, 0.2) is 24.3 Å². The van der Waals surface area contributed by atoms with Gasteiger partial charge >= 0.3 is 0 Å². The van der Waals surface area contributed by atoms with Crippen LogP contribution in [0.25, 0.3) is 0 Å². The summed E-state index contributed by atoms with van der Waals surface area (Å²) in [5.74, 6) is 2.65. The molecule has 2 aliphatic rings. The molecule has 1 aromatic carbocycles. The lowest BCUT2D eigenvalue weighted by atomic mass is 9.89. The van der Waals surface area contributed by atoms with Gasteiger partial charge in [0.05, 0.1) is 5.92 Å². The number of thioether (sulfide) groups is 1. The molecule has 1 N–H and O–H groups in total. The maximum atomic E-state index is 12.8. The van der Waals surface area contributed by atoms with Crippen LogP contribution in [0.5, 0.6) is 0 Å². The minimum atomic E-state index is 0.0561. The maximum absolute atomic E-state index is 12.8. The molecule has 2 heterocycles. The van der Waals surface area contributed by atoms with Crippen LogP contribution in [0.1, 0.15) is 24.3 Å². The number of carbonyl (C=O) groups excluding carboxylic acids is 1. The van der Waals surface area contributed by atoms with Crippen molar-refractivity contribution in [1.82, 2.24) is 4.90 Å². The van der Waals surface area contributed by atoms with Crippen molar-refractivity contribution in [2.24, 2.45) is 0 Å². The molecule has 19 heavy (non-hydrogen) atoms. The highest BCUT2D eigenvalue weighted by Gasteiger charge is 2.29. The quantitative estimate of drug-likeness (QED) is 0.855. The van der Waals surface area contributed by atoms with Gasteiger partial charge in [-0.1, -0.05) is 18.2 Å². The molecule has 1 amide bonds. The van der Waals surface area contributed by atoms with Crippen LogP contribution in [0.4, 0.5) is 5.69 Å². The molecule has 0 saturated carbocycles. The number of nitrogens with zero attached hydrogens (tertiary/aromatic N) is 1. The van der Waals surface area contributed by atoms with E-state index >= 15 is 0 Å². The van der Waals surface area contributed by atoms with Crippen LogP contribution in [-0.4, -0.2) is 41.9 Å². The molecule has 1 saturated heterocycles. The van der Waals surface area contributed by atoms with Crippen LogP contribution in [-0.2, 0) is 4.79 Å². The molecule has 0 aromatic heterocycles. The van der Waals surface area contributed by atoms with E-state index in [1.165, 1.54) is 11.3 Å². The van der Waals surface area contributed by atoms with Gasteiger partial charge in [0.2, 0.25) is 5.91 Å². The van der Waals surface area contributed by atoms with Gasteiger partial charge in [0.15, 0.2) is 0 Å². The summed E-state index contributed by atoms with van der Waals surface area (Å²) in [6, 6.07) is 8.23. The summed E-state index contributed by atoms with van der Waals surface area (Å²) in [6.45, 7) is 2.74. The van der Waals surface area contributed by atoms with Crippen molar-refractivity contribution in [3.05, 3.63) is 29.8 Å². The summed E-state index contributed by atoms with van der Waals surface area (Å²) in [7, 11) is 0. The van der Waals surface area contributed by atoms with Crippen LogP contribution >= 0.6 is 11.8 Å². The van der Waals surface area contributed by atoms with Gasteiger partial charge in [0, 0.05) is 31.1 Å². The standard InChI is InChI=1S/C15H20N2OS/c18-15(17-8-3-10-19-11-9-17)13-6-7-16-14-5-2-1-4-12(13)14/h1-2,4-5,13,16H,3,6-11H2. The Morgan fingerprint density at radius 3 is 3.11 bits per heavy atom.